The quantitative estimate of drug-likeness (QED) is 0.326. The van der Waals surface area contributed by atoms with Gasteiger partial charge in [-0.15, -0.1) is 5.10 Å². The number of anilines is 2. The molecule has 1 aromatic heterocycles. The number of nitrogens with zero attached hydrogens (tertiary/aromatic N) is 5. The highest BCUT2D eigenvalue weighted by Gasteiger charge is 2.35. The molecule has 1 aliphatic heterocycles. The lowest BCUT2D eigenvalue weighted by Gasteiger charge is -2.35. The summed E-state index contributed by atoms with van der Waals surface area (Å²) in [5.41, 5.74) is 2.87. The average Bonchev–Trinajstić information content (AvgIpc) is 3.53. The van der Waals surface area contributed by atoms with Gasteiger partial charge in [0.25, 0.3) is 5.91 Å². The van der Waals surface area contributed by atoms with Crippen molar-refractivity contribution in [2.24, 2.45) is 0 Å². The summed E-state index contributed by atoms with van der Waals surface area (Å²) in [7, 11) is 1.26. The topological polar surface area (TPSA) is 131 Å². The number of amides is 3. The van der Waals surface area contributed by atoms with Crippen LogP contribution in [0, 0.1) is 5.82 Å². The Morgan fingerprint density at radius 3 is 2.49 bits per heavy atom. The fourth-order valence-electron chi connectivity index (χ4n) is 4.54. The van der Waals surface area contributed by atoms with E-state index in [0.717, 1.165) is 5.56 Å². The third-order valence-corrected chi connectivity index (χ3v) is 6.79. The van der Waals surface area contributed by atoms with Crippen molar-refractivity contribution in [3.05, 3.63) is 101 Å². The highest BCUT2D eigenvalue weighted by Crippen LogP contribution is 2.32. The predicted molar refractivity (Wildman–Crippen MR) is 149 cm³/mol. The molecular weight excluding hydrogens is 553 g/mol. The van der Waals surface area contributed by atoms with Gasteiger partial charge in [0.15, 0.2) is 5.82 Å². The van der Waals surface area contributed by atoms with Gasteiger partial charge in [-0.05, 0) is 70.4 Å². The molecule has 2 N–H and O–H groups in total. The van der Waals surface area contributed by atoms with E-state index < -0.39 is 29.8 Å². The summed E-state index contributed by atoms with van der Waals surface area (Å²) in [4.78, 5) is 40.0. The maximum absolute atomic E-state index is 15.0. The second-order valence-electron chi connectivity index (χ2n) is 8.95. The molecule has 0 saturated heterocycles. The molecule has 2 heterocycles. The maximum atomic E-state index is 15.0. The Balaban J connectivity index is 1.42. The lowest BCUT2D eigenvalue weighted by molar-refractivity contribution is -0.135. The fourth-order valence-corrected chi connectivity index (χ4v) is 4.70. The van der Waals surface area contributed by atoms with Crippen LogP contribution in [0.5, 0.6) is 0 Å². The number of benzene rings is 3. The Kier molecular flexibility index (Phi) is 8.01. The summed E-state index contributed by atoms with van der Waals surface area (Å²) >= 11 is 6.01. The van der Waals surface area contributed by atoms with Crippen LogP contribution in [0.15, 0.2) is 73.1 Å². The summed E-state index contributed by atoms with van der Waals surface area (Å²) in [6, 6.07) is 15.8. The predicted octanol–water partition coefficient (Wildman–Crippen LogP) is 4.41. The van der Waals surface area contributed by atoms with Gasteiger partial charge < -0.3 is 15.0 Å². The van der Waals surface area contributed by atoms with Crippen LogP contribution in [-0.2, 0) is 20.7 Å². The van der Waals surface area contributed by atoms with E-state index in [2.05, 4.69) is 30.9 Å². The molecule has 0 saturated carbocycles. The van der Waals surface area contributed by atoms with Gasteiger partial charge in [0.1, 0.15) is 12.4 Å². The van der Waals surface area contributed by atoms with Gasteiger partial charge in [-0.2, -0.15) is 4.68 Å². The molecule has 3 aromatic carbocycles. The summed E-state index contributed by atoms with van der Waals surface area (Å²) in [5.74, 6) is -1.68. The van der Waals surface area contributed by atoms with Gasteiger partial charge in [0.05, 0.1) is 17.8 Å². The molecule has 1 unspecified atom stereocenters. The molecule has 0 fully saturated rings. The molecule has 11 nitrogen and oxygen atoms in total. The van der Waals surface area contributed by atoms with Gasteiger partial charge in [-0.1, -0.05) is 35.9 Å². The van der Waals surface area contributed by atoms with Crippen LogP contribution in [0.1, 0.15) is 22.7 Å². The fraction of sp³-hybridized carbons (Fsp3) is 0.143. The lowest BCUT2D eigenvalue weighted by Crippen LogP contribution is -2.44. The number of hydrogen-bond donors (Lipinski definition) is 2. The standard InChI is InChI=1S/C28H23ClFN7O4/c1-41-28(40)33-19-8-6-18(7-9-19)32-27(39)26-20-5-3-2-4-17(20)14-15-36(26)24(38)13-10-21-23(37-16-31-34-35-37)12-11-22(29)25(21)30/h2-13,16,26H,14-15H2,1H3,(H,32,39)(H,33,40). The van der Waals surface area contributed by atoms with E-state index in [1.807, 2.05) is 12.1 Å². The average molecular weight is 576 g/mol. The first kappa shape index (κ1) is 27.5. The molecule has 4 aromatic rings. The zero-order valence-corrected chi connectivity index (χ0v) is 22.4. The number of nitrogens with one attached hydrogen (secondary N) is 2. The van der Waals surface area contributed by atoms with E-state index in [1.165, 1.54) is 47.3 Å². The van der Waals surface area contributed by atoms with Gasteiger partial charge >= 0.3 is 6.09 Å². The number of carbonyl (C=O) groups is 3. The number of hydrogen-bond acceptors (Lipinski definition) is 7. The van der Waals surface area contributed by atoms with Crippen molar-refractivity contribution in [1.82, 2.24) is 25.1 Å². The number of methoxy groups -OCH3 is 1. The minimum absolute atomic E-state index is 0.0113. The van der Waals surface area contributed by atoms with Crippen LogP contribution >= 0.6 is 11.6 Å². The Bertz CT molecular complexity index is 1630. The molecule has 0 bridgehead atoms. The Hall–Kier alpha value is -5.10. The number of halogens is 2. The molecule has 208 valence electrons. The van der Waals surface area contributed by atoms with Gasteiger partial charge in [0, 0.05) is 29.6 Å². The SMILES string of the molecule is COC(=O)Nc1ccc(NC(=O)C2c3ccccc3CCN2C(=O)C=Cc2c(-n3cnnn3)ccc(Cl)c2F)cc1. The Morgan fingerprint density at radius 2 is 1.78 bits per heavy atom. The van der Waals surface area contributed by atoms with E-state index in [9.17, 15) is 14.4 Å². The van der Waals surface area contributed by atoms with Crippen LogP contribution < -0.4 is 10.6 Å². The third kappa shape index (κ3) is 5.92. The van der Waals surface area contributed by atoms with Crippen LogP contribution in [0.2, 0.25) is 5.02 Å². The van der Waals surface area contributed by atoms with Crippen molar-refractivity contribution in [2.75, 3.05) is 24.3 Å². The zero-order chi connectivity index (χ0) is 28.9. The van der Waals surface area contributed by atoms with E-state index in [4.69, 9.17) is 11.6 Å². The first-order valence-corrected chi connectivity index (χ1v) is 12.8. The van der Waals surface area contributed by atoms with Gasteiger partial charge in [-0.25, -0.2) is 9.18 Å². The van der Waals surface area contributed by atoms with Crippen molar-refractivity contribution in [2.45, 2.75) is 12.5 Å². The molecule has 13 heteroatoms. The van der Waals surface area contributed by atoms with Crippen molar-refractivity contribution in [1.29, 1.82) is 0 Å². The molecule has 1 atom stereocenters. The van der Waals surface area contributed by atoms with Crippen molar-refractivity contribution < 1.29 is 23.5 Å². The molecule has 1 aliphatic rings. The third-order valence-electron chi connectivity index (χ3n) is 6.50. The van der Waals surface area contributed by atoms with Gasteiger partial charge in [0.2, 0.25) is 5.91 Å². The second kappa shape index (κ2) is 12.0. The molecule has 41 heavy (non-hydrogen) atoms. The van der Waals surface area contributed by atoms with E-state index in [1.54, 1.807) is 36.4 Å². The molecular formula is C28H23ClFN7O4. The number of carbonyl (C=O) groups excluding carboxylic acids is 3. The first-order valence-electron chi connectivity index (χ1n) is 12.4. The van der Waals surface area contributed by atoms with Crippen LogP contribution in [0.25, 0.3) is 11.8 Å². The number of ether oxygens (including phenoxy) is 1. The highest BCUT2D eigenvalue weighted by atomic mass is 35.5. The van der Waals surface area contributed by atoms with Crippen molar-refractivity contribution >= 4 is 47.0 Å². The van der Waals surface area contributed by atoms with Crippen LogP contribution in [0.3, 0.4) is 0 Å². The largest absolute Gasteiger partial charge is 0.453 e. The van der Waals surface area contributed by atoms with Crippen LogP contribution in [-0.4, -0.2) is 56.7 Å². The number of rotatable bonds is 6. The van der Waals surface area contributed by atoms with E-state index >= 15 is 4.39 Å². The maximum Gasteiger partial charge on any atom is 0.411 e. The zero-order valence-electron chi connectivity index (χ0n) is 21.6. The monoisotopic (exact) mass is 575 g/mol. The summed E-state index contributed by atoms with van der Waals surface area (Å²) in [6.45, 7) is 0.262. The normalized spacial score (nSPS) is 14.4. The summed E-state index contributed by atoms with van der Waals surface area (Å²) < 4.78 is 20.9. The Morgan fingerprint density at radius 1 is 1.05 bits per heavy atom. The summed E-state index contributed by atoms with van der Waals surface area (Å²) in [6.07, 6.45) is 3.70. The second-order valence-corrected chi connectivity index (χ2v) is 9.36. The molecule has 0 radical (unpaired) electrons. The minimum Gasteiger partial charge on any atom is -0.453 e. The molecule has 3 amide bonds. The molecule has 0 spiro atoms. The van der Waals surface area contributed by atoms with E-state index in [0.29, 0.717) is 23.4 Å². The lowest BCUT2D eigenvalue weighted by atomic mass is 9.91. The van der Waals surface area contributed by atoms with Crippen molar-refractivity contribution in [3.63, 3.8) is 0 Å². The number of tetrazole rings is 1. The van der Waals surface area contributed by atoms with E-state index in [-0.39, 0.29) is 22.8 Å². The van der Waals surface area contributed by atoms with Gasteiger partial charge in [-0.3, -0.25) is 14.9 Å². The van der Waals surface area contributed by atoms with Crippen molar-refractivity contribution in [3.8, 4) is 5.69 Å². The smallest absolute Gasteiger partial charge is 0.411 e. The Labute approximate surface area is 238 Å². The summed E-state index contributed by atoms with van der Waals surface area (Å²) in [5, 5.41) is 16.2. The highest BCUT2D eigenvalue weighted by molar-refractivity contribution is 6.31. The number of aromatic nitrogens is 4. The minimum atomic E-state index is -0.951. The molecule has 0 aliphatic carbocycles. The molecule has 5 rings (SSSR count). The first-order chi connectivity index (χ1) is 19.9. The van der Waals surface area contributed by atoms with Crippen LogP contribution in [0.4, 0.5) is 20.6 Å². The number of fused-ring (bicyclic) bond motifs is 1.